The van der Waals surface area contributed by atoms with Crippen molar-refractivity contribution in [3.63, 3.8) is 0 Å². The molecule has 3 aromatic carbocycles. The quantitative estimate of drug-likeness (QED) is 0.222. The van der Waals surface area contributed by atoms with E-state index in [2.05, 4.69) is 12.1 Å². The molecule has 3 aromatic rings. The SMILES string of the molecule is O=C(CCCCCc1cccc(-c2ccc(C(=O)NO)cc2)c1)c1ccccc1. The predicted octanol–water partition coefficient (Wildman–Crippen LogP) is 5.46. The number of aryl methyl sites for hydroxylation is 1. The van der Waals surface area contributed by atoms with Crippen LogP contribution in [-0.2, 0) is 6.42 Å². The second-order valence-corrected chi connectivity index (χ2v) is 7.07. The fourth-order valence-electron chi connectivity index (χ4n) is 3.34. The number of ketones is 1. The van der Waals surface area contributed by atoms with E-state index in [1.165, 1.54) is 5.56 Å². The standard InChI is InChI=1S/C25H25NO3/c27-24(21-10-4-2-5-11-21)13-6-1-3-8-19-9-7-12-23(18-19)20-14-16-22(17-15-20)25(28)26-29/h2,4-5,7,9-12,14-18,29H,1,3,6,8,13H2,(H,26,28). The molecule has 0 heterocycles. The van der Waals surface area contributed by atoms with E-state index in [0.29, 0.717) is 12.0 Å². The van der Waals surface area contributed by atoms with Gasteiger partial charge in [-0.05, 0) is 48.1 Å². The van der Waals surface area contributed by atoms with Crippen molar-refractivity contribution in [2.24, 2.45) is 0 Å². The van der Waals surface area contributed by atoms with Gasteiger partial charge in [-0.15, -0.1) is 0 Å². The molecule has 3 rings (SSSR count). The Balaban J connectivity index is 1.49. The summed E-state index contributed by atoms with van der Waals surface area (Å²) in [5, 5.41) is 8.70. The van der Waals surface area contributed by atoms with Gasteiger partial charge in [0.05, 0.1) is 0 Å². The minimum absolute atomic E-state index is 0.214. The van der Waals surface area contributed by atoms with E-state index in [1.54, 1.807) is 17.6 Å². The van der Waals surface area contributed by atoms with Gasteiger partial charge in [-0.25, -0.2) is 5.48 Å². The van der Waals surface area contributed by atoms with Crippen molar-refractivity contribution in [2.75, 3.05) is 0 Å². The number of benzene rings is 3. The van der Waals surface area contributed by atoms with Crippen molar-refractivity contribution in [1.82, 2.24) is 5.48 Å². The maximum absolute atomic E-state index is 12.1. The molecule has 1 amide bonds. The third kappa shape index (κ3) is 5.87. The molecule has 0 aliphatic rings. The summed E-state index contributed by atoms with van der Waals surface area (Å²) in [5.74, 6) is -0.304. The first-order valence-electron chi connectivity index (χ1n) is 9.89. The molecule has 0 unspecified atom stereocenters. The van der Waals surface area contributed by atoms with Gasteiger partial charge >= 0.3 is 0 Å². The summed E-state index contributed by atoms with van der Waals surface area (Å²) in [7, 11) is 0. The van der Waals surface area contributed by atoms with Crippen molar-refractivity contribution in [2.45, 2.75) is 32.1 Å². The lowest BCUT2D eigenvalue weighted by Gasteiger charge is -2.07. The number of carbonyl (C=O) groups excluding carboxylic acids is 2. The predicted molar refractivity (Wildman–Crippen MR) is 114 cm³/mol. The van der Waals surface area contributed by atoms with Gasteiger partial charge in [0.25, 0.3) is 5.91 Å². The molecule has 2 N–H and O–H groups in total. The molecule has 0 bridgehead atoms. The summed E-state index contributed by atoms with van der Waals surface area (Å²) in [6, 6.07) is 25.0. The second-order valence-electron chi connectivity index (χ2n) is 7.07. The zero-order chi connectivity index (χ0) is 20.5. The normalized spacial score (nSPS) is 10.5. The van der Waals surface area contributed by atoms with Gasteiger partial charge in [0, 0.05) is 17.5 Å². The zero-order valence-electron chi connectivity index (χ0n) is 16.3. The highest BCUT2D eigenvalue weighted by molar-refractivity contribution is 5.96. The Morgan fingerprint density at radius 1 is 0.724 bits per heavy atom. The molecule has 0 saturated heterocycles. The highest BCUT2D eigenvalue weighted by atomic mass is 16.5. The molecular weight excluding hydrogens is 362 g/mol. The van der Waals surface area contributed by atoms with Gasteiger partial charge in [0.15, 0.2) is 5.78 Å². The Morgan fingerprint density at radius 3 is 2.21 bits per heavy atom. The summed E-state index contributed by atoms with van der Waals surface area (Å²) >= 11 is 0. The molecule has 148 valence electrons. The van der Waals surface area contributed by atoms with Gasteiger partial charge in [-0.2, -0.15) is 0 Å². The fourth-order valence-corrected chi connectivity index (χ4v) is 3.34. The summed E-state index contributed by atoms with van der Waals surface area (Å²) in [6.07, 6.45) is 4.53. The maximum Gasteiger partial charge on any atom is 0.274 e. The Bertz CT molecular complexity index is 949. The van der Waals surface area contributed by atoms with Crippen molar-refractivity contribution < 1.29 is 14.8 Å². The number of hydrogen-bond acceptors (Lipinski definition) is 3. The largest absolute Gasteiger partial charge is 0.294 e. The van der Waals surface area contributed by atoms with Crippen LogP contribution >= 0.6 is 0 Å². The zero-order valence-corrected chi connectivity index (χ0v) is 16.3. The molecule has 0 atom stereocenters. The van der Waals surface area contributed by atoms with Crippen LogP contribution in [0.4, 0.5) is 0 Å². The van der Waals surface area contributed by atoms with E-state index in [0.717, 1.165) is 42.4 Å². The topological polar surface area (TPSA) is 66.4 Å². The molecular formula is C25H25NO3. The number of unbranched alkanes of at least 4 members (excludes halogenated alkanes) is 2. The van der Waals surface area contributed by atoms with Crippen LogP contribution in [-0.4, -0.2) is 16.9 Å². The summed E-state index contributed by atoms with van der Waals surface area (Å²) in [4.78, 5) is 23.6. The smallest absolute Gasteiger partial charge is 0.274 e. The van der Waals surface area contributed by atoms with Crippen LogP contribution in [0.15, 0.2) is 78.9 Å². The van der Waals surface area contributed by atoms with Crippen LogP contribution in [0.2, 0.25) is 0 Å². The van der Waals surface area contributed by atoms with Gasteiger partial charge < -0.3 is 0 Å². The Morgan fingerprint density at radius 2 is 1.48 bits per heavy atom. The Hall–Kier alpha value is -3.24. The maximum atomic E-state index is 12.1. The minimum Gasteiger partial charge on any atom is -0.294 e. The number of hydroxylamine groups is 1. The Kier molecular flexibility index (Phi) is 7.31. The van der Waals surface area contributed by atoms with Crippen molar-refractivity contribution in [1.29, 1.82) is 0 Å². The molecule has 0 aliphatic heterocycles. The summed E-state index contributed by atoms with van der Waals surface area (Å²) < 4.78 is 0. The molecule has 29 heavy (non-hydrogen) atoms. The molecule has 4 nitrogen and oxygen atoms in total. The molecule has 4 heteroatoms. The average Bonchev–Trinajstić information content (AvgIpc) is 2.79. The number of hydrogen-bond donors (Lipinski definition) is 2. The van der Waals surface area contributed by atoms with Gasteiger partial charge in [0.1, 0.15) is 0 Å². The van der Waals surface area contributed by atoms with E-state index in [-0.39, 0.29) is 5.78 Å². The average molecular weight is 387 g/mol. The van der Waals surface area contributed by atoms with Crippen LogP contribution in [0, 0.1) is 0 Å². The number of amides is 1. The Labute approximate surface area is 171 Å². The monoisotopic (exact) mass is 387 g/mol. The number of carbonyl (C=O) groups is 2. The van der Waals surface area contributed by atoms with Crippen LogP contribution in [0.5, 0.6) is 0 Å². The molecule has 0 fully saturated rings. The third-order valence-corrected chi connectivity index (χ3v) is 4.97. The van der Waals surface area contributed by atoms with E-state index in [4.69, 9.17) is 5.21 Å². The van der Waals surface area contributed by atoms with Crippen molar-refractivity contribution in [3.05, 3.63) is 95.6 Å². The molecule has 0 radical (unpaired) electrons. The van der Waals surface area contributed by atoms with E-state index >= 15 is 0 Å². The van der Waals surface area contributed by atoms with Crippen molar-refractivity contribution >= 4 is 11.7 Å². The lowest BCUT2D eigenvalue weighted by molar-refractivity contribution is 0.0706. The van der Waals surface area contributed by atoms with Crippen LogP contribution in [0.25, 0.3) is 11.1 Å². The van der Waals surface area contributed by atoms with Crippen LogP contribution < -0.4 is 5.48 Å². The first-order chi connectivity index (χ1) is 14.2. The van der Waals surface area contributed by atoms with E-state index in [9.17, 15) is 9.59 Å². The fraction of sp³-hybridized carbons (Fsp3) is 0.200. The number of Topliss-reactive ketones (excluding diaryl/α,β-unsaturated/α-hetero) is 1. The first kappa shape index (κ1) is 20.5. The third-order valence-electron chi connectivity index (χ3n) is 4.97. The highest BCUT2D eigenvalue weighted by Crippen LogP contribution is 2.22. The highest BCUT2D eigenvalue weighted by Gasteiger charge is 2.06. The lowest BCUT2D eigenvalue weighted by atomic mass is 9.98. The van der Waals surface area contributed by atoms with Crippen LogP contribution in [0.1, 0.15) is 52.0 Å². The van der Waals surface area contributed by atoms with E-state index in [1.807, 2.05) is 54.6 Å². The summed E-state index contributed by atoms with van der Waals surface area (Å²) in [6.45, 7) is 0. The van der Waals surface area contributed by atoms with Gasteiger partial charge in [-0.3, -0.25) is 14.8 Å². The number of nitrogens with one attached hydrogen (secondary N) is 1. The molecule has 0 spiro atoms. The molecule has 0 aromatic heterocycles. The van der Waals surface area contributed by atoms with E-state index < -0.39 is 5.91 Å². The van der Waals surface area contributed by atoms with Gasteiger partial charge in [-0.1, -0.05) is 73.2 Å². The molecule has 0 saturated carbocycles. The minimum atomic E-state index is -0.518. The van der Waals surface area contributed by atoms with Crippen molar-refractivity contribution in [3.8, 4) is 11.1 Å². The van der Waals surface area contributed by atoms with Gasteiger partial charge in [0.2, 0.25) is 0 Å². The second kappa shape index (κ2) is 10.3. The lowest BCUT2D eigenvalue weighted by Crippen LogP contribution is -2.18. The number of rotatable bonds is 9. The molecule has 0 aliphatic carbocycles. The van der Waals surface area contributed by atoms with Crippen LogP contribution in [0.3, 0.4) is 0 Å². The summed E-state index contributed by atoms with van der Waals surface area (Å²) in [5.41, 5.74) is 6.22. The first-order valence-corrected chi connectivity index (χ1v) is 9.89.